The van der Waals surface area contributed by atoms with Gasteiger partial charge in [0.15, 0.2) is 0 Å². The minimum absolute atomic E-state index is 0.154. The summed E-state index contributed by atoms with van der Waals surface area (Å²) in [5.41, 5.74) is 1.29. The second-order valence-electron chi connectivity index (χ2n) is 6.89. The molecule has 0 spiro atoms. The zero-order chi connectivity index (χ0) is 22.7. The third-order valence-corrected chi connectivity index (χ3v) is 7.53. The molecular weight excluding hydrogens is 446 g/mol. The van der Waals surface area contributed by atoms with Crippen LogP contribution in [0.4, 0.5) is 11.4 Å². The van der Waals surface area contributed by atoms with Crippen LogP contribution in [0.3, 0.4) is 0 Å². The van der Waals surface area contributed by atoms with Gasteiger partial charge in [0.1, 0.15) is 4.21 Å². The summed E-state index contributed by atoms with van der Waals surface area (Å²) >= 11 is 1.09. The number of rotatable bonds is 6. The standard InChI is InChI=1S/C23H19N3O4S2/c1-24-22(27)15-8-10-18(11-9-15)25-23(28)19-13-16-5-2-3-6-17(16)14-20(19)26-32(29,30)21-7-4-12-31-21/h2-14,26H,1H3,(H,24,27)(H,25,28). The molecule has 0 saturated carbocycles. The lowest BCUT2D eigenvalue weighted by Gasteiger charge is -2.14. The van der Waals surface area contributed by atoms with Crippen LogP contribution in [0.5, 0.6) is 0 Å². The first-order valence-electron chi connectivity index (χ1n) is 9.60. The van der Waals surface area contributed by atoms with Crippen molar-refractivity contribution in [3.05, 3.63) is 89.3 Å². The normalized spacial score (nSPS) is 11.2. The molecule has 2 amide bonds. The van der Waals surface area contributed by atoms with Gasteiger partial charge in [-0.3, -0.25) is 14.3 Å². The highest BCUT2D eigenvalue weighted by Gasteiger charge is 2.20. The third-order valence-electron chi connectivity index (χ3n) is 4.77. The number of fused-ring (bicyclic) bond motifs is 1. The Morgan fingerprint density at radius 3 is 2.16 bits per heavy atom. The van der Waals surface area contributed by atoms with Crippen LogP contribution >= 0.6 is 11.3 Å². The number of anilines is 2. The van der Waals surface area contributed by atoms with Gasteiger partial charge >= 0.3 is 0 Å². The quantitative estimate of drug-likeness (QED) is 0.395. The van der Waals surface area contributed by atoms with Crippen molar-refractivity contribution in [3.63, 3.8) is 0 Å². The van der Waals surface area contributed by atoms with Crippen LogP contribution in [0.1, 0.15) is 20.7 Å². The lowest BCUT2D eigenvalue weighted by atomic mass is 10.0. The SMILES string of the molecule is CNC(=O)c1ccc(NC(=O)c2cc3ccccc3cc2NS(=O)(=O)c2cccs2)cc1. The Balaban J connectivity index is 1.69. The van der Waals surface area contributed by atoms with Gasteiger partial charge < -0.3 is 10.6 Å². The summed E-state index contributed by atoms with van der Waals surface area (Å²) in [6.07, 6.45) is 0. The predicted molar refractivity (Wildman–Crippen MR) is 127 cm³/mol. The van der Waals surface area contributed by atoms with Crippen LogP contribution in [0.2, 0.25) is 0 Å². The number of benzene rings is 3. The molecule has 4 aromatic rings. The fourth-order valence-electron chi connectivity index (χ4n) is 3.17. The summed E-state index contributed by atoms with van der Waals surface area (Å²) in [6.45, 7) is 0. The molecule has 3 aromatic carbocycles. The van der Waals surface area contributed by atoms with Crippen molar-refractivity contribution in [2.75, 3.05) is 17.1 Å². The molecule has 0 unspecified atom stereocenters. The second-order valence-corrected chi connectivity index (χ2v) is 9.75. The number of sulfonamides is 1. The number of hydrogen-bond donors (Lipinski definition) is 3. The van der Waals surface area contributed by atoms with Gasteiger partial charge in [0, 0.05) is 18.3 Å². The van der Waals surface area contributed by atoms with Gasteiger partial charge in [0.25, 0.3) is 21.8 Å². The van der Waals surface area contributed by atoms with E-state index in [1.807, 2.05) is 24.3 Å². The highest BCUT2D eigenvalue weighted by Crippen LogP contribution is 2.28. The van der Waals surface area contributed by atoms with Gasteiger partial charge in [-0.1, -0.05) is 30.3 Å². The maximum absolute atomic E-state index is 13.1. The molecule has 0 atom stereocenters. The minimum atomic E-state index is -3.84. The molecule has 0 aliphatic carbocycles. The number of amides is 2. The molecule has 0 aliphatic rings. The molecule has 0 fully saturated rings. The van der Waals surface area contributed by atoms with Crippen molar-refractivity contribution < 1.29 is 18.0 Å². The monoisotopic (exact) mass is 465 g/mol. The fraction of sp³-hybridized carbons (Fsp3) is 0.0435. The summed E-state index contributed by atoms with van der Waals surface area (Å²) in [5.74, 6) is -0.713. The average Bonchev–Trinajstić information content (AvgIpc) is 3.34. The Labute approximate surface area is 189 Å². The first kappa shape index (κ1) is 21.5. The van der Waals surface area contributed by atoms with Crippen molar-refractivity contribution in [2.45, 2.75) is 4.21 Å². The molecule has 9 heteroatoms. The molecule has 4 rings (SSSR count). The van der Waals surface area contributed by atoms with Crippen molar-refractivity contribution in [3.8, 4) is 0 Å². The van der Waals surface area contributed by atoms with Crippen LogP contribution in [-0.4, -0.2) is 27.3 Å². The molecule has 0 aliphatic heterocycles. The smallest absolute Gasteiger partial charge is 0.271 e. The average molecular weight is 466 g/mol. The van der Waals surface area contributed by atoms with E-state index in [0.29, 0.717) is 11.3 Å². The summed E-state index contributed by atoms with van der Waals surface area (Å²) in [7, 11) is -2.30. The fourth-order valence-corrected chi connectivity index (χ4v) is 5.24. The van der Waals surface area contributed by atoms with Gasteiger partial charge in [0.2, 0.25) is 0 Å². The first-order valence-corrected chi connectivity index (χ1v) is 12.0. The summed E-state index contributed by atoms with van der Waals surface area (Å²) in [4.78, 5) is 24.8. The van der Waals surface area contributed by atoms with Crippen LogP contribution in [-0.2, 0) is 10.0 Å². The molecule has 3 N–H and O–H groups in total. The van der Waals surface area contributed by atoms with E-state index in [4.69, 9.17) is 0 Å². The maximum atomic E-state index is 13.1. The van der Waals surface area contributed by atoms with E-state index in [-0.39, 0.29) is 21.4 Å². The zero-order valence-corrected chi connectivity index (χ0v) is 18.6. The van der Waals surface area contributed by atoms with Crippen molar-refractivity contribution in [1.29, 1.82) is 0 Å². The summed E-state index contributed by atoms with van der Waals surface area (Å²) in [5, 5.41) is 8.56. The lowest BCUT2D eigenvalue weighted by Crippen LogP contribution is -2.19. The van der Waals surface area contributed by atoms with Gasteiger partial charge in [-0.2, -0.15) is 0 Å². The molecule has 1 heterocycles. The molecule has 1 aromatic heterocycles. The van der Waals surface area contributed by atoms with E-state index >= 15 is 0 Å². The Morgan fingerprint density at radius 2 is 1.53 bits per heavy atom. The topological polar surface area (TPSA) is 104 Å². The predicted octanol–water partition coefficient (Wildman–Crippen LogP) is 4.31. The molecular formula is C23H19N3O4S2. The van der Waals surface area contributed by atoms with Gasteiger partial charge in [-0.15, -0.1) is 11.3 Å². The van der Waals surface area contributed by atoms with E-state index in [0.717, 1.165) is 22.1 Å². The number of hydrogen-bond acceptors (Lipinski definition) is 5. The van der Waals surface area contributed by atoms with E-state index in [9.17, 15) is 18.0 Å². The van der Waals surface area contributed by atoms with Crippen LogP contribution in [0.25, 0.3) is 10.8 Å². The Hall–Kier alpha value is -3.69. The van der Waals surface area contributed by atoms with E-state index < -0.39 is 15.9 Å². The highest BCUT2D eigenvalue weighted by atomic mass is 32.2. The summed E-state index contributed by atoms with van der Waals surface area (Å²) in [6, 6.07) is 20.2. The molecule has 0 radical (unpaired) electrons. The van der Waals surface area contributed by atoms with Crippen LogP contribution < -0.4 is 15.4 Å². The minimum Gasteiger partial charge on any atom is -0.355 e. The van der Waals surface area contributed by atoms with E-state index in [1.54, 1.807) is 47.8 Å². The number of carbonyl (C=O) groups is 2. The second kappa shape index (κ2) is 8.81. The lowest BCUT2D eigenvalue weighted by molar-refractivity contribution is 0.0962. The van der Waals surface area contributed by atoms with Crippen molar-refractivity contribution in [2.24, 2.45) is 0 Å². The first-order chi connectivity index (χ1) is 15.4. The van der Waals surface area contributed by atoms with Crippen molar-refractivity contribution >= 4 is 55.3 Å². The molecule has 0 bridgehead atoms. The third kappa shape index (κ3) is 4.48. The van der Waals surface area contributed by atoms with Crippen LogP contribution in [0.15, 0.2) is 82.4 Å². The molecule has 32 heavy (non-hydrogen) atoms. The van der Waals surface area contributed by atoms with Gasteiger partial charge in [0.05, 0.1) is 11.3 Å². The van der Waals surface area contributed by atoms with Crippen molar-refractivity contribution in [1.82, 2.24) is 5.32 Å². The van der Waals surface area contributed by atoms with E-state index in [2.05, 4.69) is 15.4 Å². The molecule has 7 nitrogen and oxygen atoms in total. The Bertz CT molecular complexity index is 1400. The molecule has 0 saturated heterocycles. The van der Waals surface area contributed by atoms with E-state index in [1.165, 1.54) is 13.1 Å². The zero-order valence-electron chi connectivity index (χ0n) is 17.0. The van der Waals surface area contributed by atoms with Gasteiger partial charge in [-0.05, 0) is 58.6 Å². The number of thiophene rings is 1. The Morgan fingerprint density at radius 1 is 0.844 bits per heavy atom. The molecule has 162 valence electrons. The number of carbonyl (C=O) groups excluding carboxylic acids is 2. The largest absolute Gasteiger partial charge is 0.355 e. The summed E-state index contributed by atoms with van der Waals surface area (Å²) < 4.78 is 28.3. The van der Waals surface area contributed by atoms with Crippen LogP contribution in [0, 0.1) is 0 Å². The maximum Gasteiger partial charge on any atom is 0.271 e. The highest BCUT2D eigenvalue weighted by molar-refractivity contribution is 7.94. The number of nitrogens with one attached hydrogen (secondary N) is 3. The Kier molecular flexibility index (Phi) is 5.93. The van der Waals surface area contributed by atoms with Gasteiger partial charge in [-0.25, -0.2) is 8.42 Å².